The largest absolute Gasteiger partial charge is 0.490 e. The zero-order valence-electron chi connectivity index (χ0n) is 10.6. The molecule has 1 heterocycles. The van der Waals surface area contributed by atoms with E-state index in [1.54, 1.807) is 0 Å². The van der Waals surface area contributed by atoms with E-state index in [-0.39, 0.29) is 0 Å². The summed E-state index contributed by atoms with van der Waals surface area (Å²) in [5.74, 6) is 0.860. The molecule has 19 heavy (non-hydrogen) atoms. The molecule has 3 rings (SSSR count). The summed E-state index contributed by atoms with van der Waals surface area (Å²) in [6, 6.07) is 6.42. The van der Waals surface area contributed by atoms with E-state index in [2.05, 4.69) is 20.8 Å². The van der Waals surface area contributed by atoms with Crippen molar-refractivity contribution in [2.75, 3.05) is 26.3 Å². The van der Waals surface area contributed by atoms with Crippen molar-refractivity contribution in [3.05, 3.63) is 27.7 Å². The van der Waals surface area contributed by atoms with Gasteiger partial charge in [-0.1, -0.05) is 11.6 Å². The number of benzene rings is 1. The van der Waals surface area contributed by atoms with Gasteiger partial charge < -0.3 is 9.47 Å². The molecule has 0 unspecified atom stereocenters. The molecule has 1 saturated heterocycles. The second kappa shape index (κ2) is 6.00. The number of morpholine rings is 1. The van der Waals surface area contributed by atoms with Gasteiger partial charge in [0, 0.05) is 36.4 Å². The Bertz CT molecular complexity index is 445. The van der Waals surface area contributed by atoms with Gasteiger partial charge in [-0.2, -0.15) is 0 Å². The molecule has 1 aliphatic carbocycles. The fourth-order valence-corrected chi connectivity index (χ4v) is 3.03. The van der Waals surface area contributed by atoms with Crippen molar-refractivity contribution in [3.8, 4) is 5.75 Å². The summed E-state index contributed by atoms with van der Waals surface area (Å²) >= 11 is 9.44. The summed E-state index contributed by atoms with van der Waals surface area (Å²) in [5.41, 5.74) is 0. The Morgan fingerprint density at radius 3 is 2.68 bits per heavy atom. The lowest BCUT2D eigenvalue weighted by Gasteiger charge is -2.44. The van der Waals surface area contributed by atoms with Crippen LogP contribution in [0.15, 0.2) is 22.7 Å². The lowest BCUT2D eigenvalue weighted by molar-refractivity contribution is -0.0373. The molecule has 1 aliphatic heterocycles. The van der Waals surface area contributed by atoms with Crippen molar-refractivity contribution >= 4 is 27.5 Å². The van der Waals surface area contributed by atoms with Crippen LogP contribution < -0.4 is 4.74 Å². The zero-order valence-corrected chi connectivity index (χ0v) is 13.0. The predicted molar refractivity (Wildman–Crippen MR) is 79.0 cm³/mol. The monoisotopic (exact) mass is 345 g/mol. The van der Waals surface area contributed by atoms with Crippen LogP contribution in [0.25, 0.3) is 0 Å². The van der Waals surface area contributed by atoms with Crippen molar-refractivity contribution < 1.29 is 9.47 Å². The van der Waals surface area contributed by atoms with Gasteiger partial charge in [-0.15, -0.1) is 0 Å². The topological polar surface area (TPSA) is 21.7 Å². The quantitative estimate of drug-likeness (QED) is 0.838. The second-order valence-electron chi connectivity index (χ2n) is 5.09. The maximum Gasteiger partial charge on any atom is 0.121 e. The average molecular weight is 347 g/mol. The van der Waals surface area contributed by atoms with Crippen LogP contribution in [0, 0.1) is 0 Å². The lowest BCUT2D eigenvalue weighted by atomic mass is 9.87. The summed E-state index contributed by atoms with van der Waals surface area (Å²) in [4.78, 5) is 2.51. The predicted octanol–water partition coefficient (Wildman–Crippen LogP) is 3.34. The minimum Gasteiger partial charge on any atom is -0.490 e. The molecule has 0 amide bonds. The molecule has 3 nitrogen and oxygen atoms in total. The van der Waals surface area contributed by atoms with E-state index in [9.17, 15) is 0 Å². The van der Waals surface area contributed by atoms with E-state index >= 15 is 0 Å². The summed E-state index contributed by atoms with van der Waals surface area (Å²) in [6.45, 7) is 3.84. The van der Waals surface area contributed by atoms with E-state index in [1.807, 2.05) is 18.2 Å². The van der Waals surface area contributed by atoms with Gasteiger partial charge in [0.15, 0.2) is 0 Å². The molecule has 0 N–H and O–H groups in total. The third kappa shape index (κ3) is 3.24. The third-order valence-electron chi connectivity index (χ3n) is 3.83. The van der Waals surface area contributed by atoms with Gasteiger partial charge in [0.05, 0.1) is 18.2 Å². The molecule has 0 bridgehead atoms. The Hall–Kier alpha value is -0.290. The summed E-state index contributed by atoms with van der Waals surface area (Å²) in [6.07, 6.45) is 2.53. The molecule has 0 atom stereocenters. The minimum absolute atomic E-state index is 0.324. The van der Waals surface area contributed by atoms with Gasteiger partial charge in [0.25, 0.3) is 0 Å². The Balaban J connectivity index is 1.49. The van der Waals surface area contributed by atoms with Crippen molar-refractivity contribution in [1.29, 1.82) is 0 Å². The molecule has 0 aromatic heterocycles. The molecule has 1 saturated carbocycles. The third-order valence-corrected chi connectivity index (χ3v) is 5.06. The average Bonchev–Trinajstić information content (AvgIpc) is 2.38. The number of halogens is 2. The van der Waals surface area contributed by atoms with Gasteiger partial charge in [0.1, 0.15) is 11.9 Å². The van der Waals surface area contributed by atoms with E-state index in [4.69, 9.17) is 21.1 Å². The maximum atomic E-state index is 6.06. The molecule has 1 aromatic carbocycles. The zero-order chi connectivity index (χ0) is 13.2. The molecule has 1 aromatic rings. The fourth-order valence-electron chi connectivity index (χ4n) is 2.62. The van der Waals surface area contributed by atoms with Crippen LogP contribution in [-0.2, 0) is 4.74 Å². The maximum absolute atomic E-state index is 6.06. The first-order valence-electron chi connectivity index (χ1n) is 6.66. The summed E-state index contributed by atoms with van der Waals surface area (Å²) in [5, 5.41) is 0.696. The van der Waals surface area contributed by atoms with Gasteiger partial charge in [0.2, 0.25) is 0 Å². The van der Waals surface area contributed by atoms with Crippen LogP contribution in [0.4, 0.5) is 0 Å². The van der Waals surface area contributed by atoms with Crippen LogP contribution in [0.5, 0.6) is 5.75 Å². The molecule has 104 valence electrons. The molecule has 5 heteroatoms. The molecular formula is C14H17BrClNO2. The summed E-state index contributed by atoms with van der Waals surface area (Å²) < 4.78 is 12.2. The molecule has 0 spiro atoms. The number of ether oxygens (including phenoxy) is 2. The normalized spacial score (nSPS) is 27.9. The summed E-state index contributed by atoms with van der Waals surface area (Å²) in [7, 11) is 0. The van der Waals surface area contributed by atoms with Crippen molar-refractivity contribution in [2.24, 2.45) is 0 Å². The van der Waals surface area contributed by atoms with Crippen LogP contribution in [-0.4, -0.2) is 43.3 Å². The first-order valence-corrected chi connectivity index (χ1v) is 7.83. The Labute approximate surface area is 126 Å². The Morgan fingerprint density at radius 2 is 2.00 bits per heavy atom. The SMILES string of the molecule is Clc1cc(OC2CC(N3CCOCC3)C2)ccc1Br. The van der Waals surface area contributed by atoms with E-state index in [1.165, 1.54) is 0 Å². The van der Waals surface area contributed by atoms with Crippen LogP contribution in [0.2, 0.25) is 5.02 Å². The highest BCUT2D eigenvalue weighted by Gasteiger charge is 2.35. The Kier molecular flexibility index (Phi) is 4.32. The van der Waals surface area contributed by atoms with Gasteiger partial charge in [-0.25, -0.2) is 0 Å². The van der Waals surface area contributed by atoms with Crippen molar-refractivity contribution in [1.82, 2.24) is 4.90 Å². The van der Waals surface area contributed by atoms with Gasteiger partial charge in [-0.05, 0) is 34.1 Å². The number of rotatable bonds is 3. The molecule has 0 radical (unpaired) electrons. The molecule has 2 aliphatic rings. The van der Waals surface area contributed by atoms with Gasteiger partial charge in [-0.3, -0.25) is 4.90 Å². The van der Waals surface area contributed by atoms with E-state index < -0.39 is 0 Å². The molecule has 2 fully saturated rings. The standard InChI is InChI=1S/C14H17BrClNO2/c15-13-2-1-11(9-14(13)16)19-12-7-10(8-12)17-3-5-18-6-4-17/h1-2,9-10,12H,3-8H2. The second-order valence-corrected chi connectivity index (χ2v) is 6.35. The molecular weight excluding hydrogens is 330 g/mol. The van der Waals surface area contributed by atoms with Crippen LogP contribution >= 0.6 is 27.5 Å². The smallest absolute Gasteiger partial charge is 0.121 e. The highest BCUT2D eigenvalue weighted by Crippen LogP contribution is 2.32. The van der Waals surface area contributed by atoms with Crippen molar-refractivity contribution in [3.63, 3.8) is 0 Å². The number of hydrogen-bond donors (Lipinski definition) is 0. The highest BCUT2D eigenvalue weighted by molar-refractivity contribution is 9.10. The van der Waals surface area contributed by atoms with Crippen LogP contribution in [0.1, 0.15) is 12.8 Å². The minimum atomic E-state index is 0.324. The fraction of sp³-hybridized carbons (Fsp3) is 0.571. The van der Waals surface area contributed by atoms with Crippen molar-refractivity contribution in [2.45, 2.75) is 25.0 Å². The van der Waals surface area contributed by atoms with E-state index in [0.29, 0.717) is 17.2 Å². The lowest BCUT2D eigenvalue weighted by Crippen LogP contribution is -2.52. The first-order chi connectivity index (χ1) is 9.22. The van der Waals surface area contributed by atoms with Gasteiger partial charge >= 0.3 is 0 Å². The Morgan fingerprint density at radius 1 is 1.26 bits per heavy atom. The highest BCUT2D eigenvalue weighted by atomic mass is 79.9. The number of hydrogen-bond acceptors (Lipinski definition) is 3. The van der Waals surface area contributed by atoms with Crippen LogP contribution in [0.3, 0.4) is 0 Å². The van der Waals surface area contributed by atoms with E-state index in [0.717, 1.165) is 49.4 Å². The number of nitrogens with zero attached hydrogens (tertiary/aromatic N) is 1. The first kappa shape index (κ1) is 13.7.